The van der Waals surface area contributed by atoms with Crippen LogP contribution in [0.5, 0.6) is 0 Å². The van der Waals surface area contributed by atoms with Crippen molar-refractivity contribution in [2.45, 2.75) is 32.4 Å². The molecule has 1 aliphatic heterocycles. The van der Waals surface area contributed by atoms with E-state index in [1.54, 1.807) is 12.1 Å². The summed E-state index contributed by atoms with van der Waals surface area (Å²) in [6.07, 6.45) is 0. The van der Waals surface area contributed by atoms with Gasteiger partial charge in [-0.05, 0) is 31.7 Å². The highest BCUT2D eigenvalue weighted by atomic mass is 19.1. The third kappa shape index (κ3) is 2.21. The van der Waals surface area contributed by atoms with Crippen LogP contribution in [0.4, 0.5) is 4.39 Å². The van der Waals surface area contributed by atoms with E-state index in [2.05, 4.69) is 23.7 Å². The summed E-state index contributed by atoms with van der Waals surface area (Å²) < 4.78 is 21.2. The van der Waals surface area contributed by atoms with Crippen LogP contribution in [0, 0.1) is 5.82 Å². The maximum Gasteiger partial charge on any atom is 0.125 e. The Kier molecular flexibility index (Phi) is 3.72. The quantitative estimate of drug-likeness (QED) is 0.932. The lowest BCUT2D eigenvalue weighted by atomic mass is 10.0. The summed E-state index contributed by atoms with van der Waals surface area (Å²) in [5, 5.41) is 3.45. The smallest absolute Gasteiger partial charge is 0.125 e. The number of aryl methyl sites for hydroxylation is 1. The Labute approximate surface area is 117 Å². The molecule has 2 heterocycles. The maximum absolute atomic E-state index is 13.5. The van der Waals surface area contributed by atoms with E-state index in [1.807, 2.05) is 0 Å². The third-order valence-corrected chi connectivity index (χ3v) is 3.93. The Morgan fingerprint density at radius 3 is 3.00 bits per heavy atom. The van der Waals surface area contributed by atoms with Crippen molar-refractivity contribution in [3.63, 3.8) is 0 Å². The van der Waals surface area contributed by atoms with Gasteiger partial charge in [0, 0.05) is 12.6 Å². The molecule has 0 saturated carbocycles. The first kappa shape index (κ1) is 13.5. The van der Waals surface area contributed by atoms with Crippen LogP contribution in [0.15, 0.2) is 18.2 Å². The first-order valence-corrected chi connectivity index (χ1v) is 7.21. The minimum Gasteiger partial charge on any atom is -0.379 e. The van der Waals surface area contributed by atoms with E-state index < -0.39 is 0 Å². The third-order valence-electron chi connectivity index (χ3n) is 3.93. The van der Waals surface area contributed by atoms with Gasteiger partial charge in [0.15, 0.2) is 0 Å². The van der Waals surface area contributed by atoms with Crippen LogP contribution in [0.25, 0.3) is 11.0 Å². The number of hydrogen-bond donors (Lipinski definition) is 1. The number of aromatic nitrogens is 2. The van der Waals surface area contributed by atoms with Crippen LogP contribution in [0.3, 0.4) is 0 Å². The van der Waals surface area contributed by atoms with Crippen LogP contribution in [0.2, 0.25) is 0 Å². The number of likely N-dealkylation sites (N-methyl/N-ethyl adjacent to an activating group) is 1. The molecule has 5 heteroatoms. The van der Waals surface area contributed by atoms with Crippen LogP contribution in [-0.2, 0) is 11.3 Å². The van der Waals surface area contributed by atoms with Crippen molar-refractivity contribution in [1.82, 2.24) is 14.9 Å². The number of fused-ring (bicyclic) bond motifs is 1. The summed E-state index contributed by atoms with van der Waals surface area (Å²) in [4.78, 5) is 4.72. The minimum atomic E-state index is -0.218. The van der Waals surface area contributed by atoms with E-state index in [9.17, 15) is 4.39 Å². The summed E-state index contributed by atoms with van der Waals surface area (Å²) in [5.74, 6) is 1.01. The molecule has 1 aromatic heterocycles. The molecule has 0 aliphatic carbocycles. The van der Waals surface area contributed by atoms with Gasteiger partial charge in [-0.25, -0.2) is 9.37 Å². The van der Waals surface area contributed by atoms with Gasteiger partial charge in [-0.3, -0.25) is 0 Å². The van der Waals surface area contributed by atoms with Crippen molar-refractivity contribution >= 4 is 11.0 Å². The average molecular weight is 277 g/mol. The fraction of sp³-hybridized carbons (Fsp3) is 0.533. The average Bonchev–Trinajstić information content (AvgIpc) is 3.02. The molecule has 2 unspecified atom stereocenters. The Bertz CT molecular complexity index is 610. The number of benzene rings is 1. The molecule has 4 nitrogen and oxygen atoms in total. The molecule has 0 radical (unpaired) electrons. The fourth-order valence-electron chi connectivity index (χ4n) is 3.00. The molecular formula is C15H20FN3O. The molecule has 1 saturated heterocycles. The Morgan fingerprint density at radius 1 is 1.40 bits per heavy atom. The number of nitrogens with one attached hydrogen (secondary N) is 1. The summed E-state index contributed by atoms with van der Waals surface area (Å²) in [6, 6.07) is 5.06. The fourth-order valence-corrected chi connectivity index (χ4v) is 3.00. The first-order valence-electron chi connectivity index (χ1n) is 7.21. The standard InChI is InChI=1S/C15H20FN3O/c1-3-17-13-9-20-8-11(13)15-18-12-6-5-10(16)7-14(12)19(15)4-2/h5-7,11,13,17H,3-4,8-9H2,1-2H3. The second-order valence-electron chi connectivity index (χ2n) is 5.16. The Balaban J connectivity index is 2.06. The summed E-state index contributed by atoms with van der Waals surface area (Å²) in [5.41, 5.74) is 1.72. The molecule has 1 aromatic carbocycles. The van der Waals surface area contributed by atoms with Gasteiger partial charge in [-0.15, -0.1) is 0 Å². The number of nitrogens with zero attached hydrogens (tertiary/aromatic N) is 2. The van der Waals surface area contributed by atoms with Crippen molar-refractivity contribution in [2.75, 3.05) is 19.8 Å². The molecule has 2 aromatic rings. The molecule has 20 heavy (non-hydrogen) atoms. The van der Waals surface area contributed by atoms with Crippen LogP contribution in [-0.4, -0.2) is 35.4 Å². The zero-order valence-corrected chi connectivity index (χ0v) is 11.9. The van der Waals surface area contributed by atoms with E-state index in [1.165, 1.54) is 6.07 Å². The molecule has 1 aliphatic rings. The molecule has 0 bridgehead atoms. The highest BCUT2D eigenvalue weighted by molar-refractivity contribution is 5.76. The zero-order valence-electron chi connectivity index (χ0n) is 11.9. The Hall–Kier alpha value is -1.46. The monoisotopic (exact) mass is 277 g/mol. The molecule has 2 atom stereocenters. The predicted molar refractivity (Wildman–Crippen MR) is 76.4 cm³/mol. The van der Waals surface area contributed by atoms with Gasteiger partial charge < -0.3 is 14.6 Å². The number of imidazole rings is 1. The molecule has 3 rings (SSSR count). The lowest BCUT2D eigenvalue weighted by molar-refractivity contribution is 0.187. The summed E-state index contributed by atoms with van der Waals surface area (Å²) in [6.45, 7) is 7.22. The molecule has 1 N–H and O–H groups in total. The molecule has 108 valence electrons. The number of ether oxygens (including phenoxy) is 1. The van der Waals surface area contributed by atoms with E-state index in [4.69, 9.17) is 9.72 Å². The van der Waals surface area contributed by atoms with Crippen molar-refractivity contribution in [2.24, 2.45) is 0 Å². The van der Waals surface area contributed by atoms with Crippen molar-refractivity contribution < 1.29 is 9.13 Å². The highest BCUT2D eigenvalue weighted by Crippen LogP contribution is 2.28. The maximum atomic E-state index is 13.5. The summed E-state index contributed by atoms with van der Waals surface area (Å²) >= 11 is 0. The number of rotatable bonds is 4. The van der Waals surface area contributed by atoms with Crippen LogP contribution >= 0.6 is 0 Å². The molecule has 0 amide bonds. The topological polar surface area (TPSA) is 39.1 Å². The van der Waals surface area contributed by atoms with Gasteiger partial charge in [-0.1, -0.05) is 6.92 Å². The Morgan fingerprint density at radius 2 is 2.25 bits per heavy atom. The molecule has 0 spiro atoms. The summed E-state index contributed by atoms with van der Waals surface area (Å²) in [7, 11) is 0. The second kappa shape index (κ2) is 5.50. The predicted octanol–water partition coefficient (Wildman–Crippen LogP) is 2.29. The van der Waals surface area contributed by atoms with Gasteiger partial charge >= 0.3 is 0 Å². The van der Waals surface area contributed by atoms with Crippen LogP contribution < -0.4 is 5.32 Å². The largest absolute Gasteiger partial charge is 0.379 e. The van der Waals surface area contributed by atoms with E-state index in [-0.39, 0.29) is 17.8 Å². The van der Waals surface area contributed by atoms with Gasteiger partial charge in [-0.2, -0.15) is 0 Å². The van der Waals surface area contributed by atoms with E-state index >= 15 is 0 Å². The van der Waals surface area contributed by atoms with E-state index in [0.29, 0.717) is 13.2 Å². The molecular weight excluding hydrogens is 257 g/mol. The van der Waals surface area contributed by atoms with E-state index in [0.717, 1.165) is 29.9 Å². The van der Waals surface area contributed by atoms with Crippen molar-refractivity contribution in [3.05, 3.63) is 29.8 Å². The van der Waals surface area contributed by atoms with Gasteiger partial charge in [0.1, 0.15) is 11.6 Å². The molecule has 1 fully saturated rings. The lowest BCUT2D eigenvalue weighted by Crippen LogP contribution is -2.35. The zero-order chi connectivity index (χ0) is 14.1. The van der Waals surface area contributed by atoms with Gasteiger partial charge in [0.25, 0.3) is 0 Å². The lowest BCUT2D eigenvalue weighted by Gasteiger charge is -2.18. The van der Waals surface area contributed by atoms with Gasteiger partial charge in [0.2, 0.25) is 0 Å². The number of halogens is 1. The number of hydrogen-bond acceptors (Lipinski definition) is 3. The normalized spacial score (nSPS) is 22.8. The van der Waals surface area contributed by atoms with Crippen LogP contribution in [0.1, 0.15) is 25.6 Å². The van der Waals surface area contributed by atoms with Crippen molar-refractivity contribution in [3.8, 4) is 0 Å². The second-order valence-corrected chi connectivity index (χ2v) is 5.16. The minimum absolute atomic E-state index is 0.218. The van der Waals surface area contributed by atoms with Crippen molar-refractivity contribution in [1.29, 1.82) is 0 Å². The SMILES string of the molecule is CCNC1COCC1c1nc2ccc(F)cc2n1CC. The van der Waals surface area contributed by atoms with Gasteiger partial charge in [0.05, 0.1) is 30.2 Å². The first-order chi connectivity index (χ1) is 9.74. The highest BCUT2D eigenvalue weighted by Gasteiger charge is 2.32.